The highest BCUT2D eigenvalue weighted by Crippen LogP contribution is 2.31. The third-order valence-corrected chi connectivity index (χ3v) is 3.80. The first-order valence-electron chi connectivity index (χ1n) is 6.31. The first-order chi connectivity index (χ1) is 9.95. The van der Waals surface area contributed by atoms with Crippen LogP contribution in [0.15, 0.2) is 52.3 Å². The Bertz CT molecular complexity index is 683. The average Bonchev–Trinajstić information content (AvgIpc) is 2.42. The quantitative estimate of drug-likeness (QED) is 0.864. The van der Waals surface area contributed by atoms with Gasteiger partial charge in [-0.15, -0.1) is 0 Å². The maximum atomic E-state index is 13.9. The molecule has 0 saturated carbocycles. The van der Waals surface area contributed by atoms with Crippen LogP contribution < -0.4 is 5.32 Å². The number of ketones is 1. The number of Topliss-reactive ketones (excluding diaryl/α,β-unsaturated/α-hetero) is 1. The first-order valence-corrected chi connectivity index (χ1v) is 7.13. The predicted molar refractivity (Wildman–Crippen MR) is 81.3 cm³/mol. The lowest BCUT2D eigenvalue weighted by Crippen LogP contribution is -2.05. The number of rotatable bonds is 4. The molecule has 1 amide bonds. The summed E-state index contributed by atoms with van der Waals surface area (Å²) in [7, 11) is 0. The molecule has 1 N–H and O–H groups in total. The maximum absolute atomic E-state index is 13.9. The second-order valence-corrected chi connectivity index (χ2v) is 5.62. The van der Waals surface area contributed by atoms with E-state index >= 15 is 0 Å². The SMILES string of the molecule is CC(=O)Nc1ccc(Sc2ccc(C(C)=O)cc2F)cc1. The van der Waals surface area contributed by atoms with Crippen LogP contribution in [0.3, 0.4) is 0 Å². The summed E-state index contributed by atoms with van der Waals surface area (Å²) in [4.78, 5) is 23.4. The fourth-order valence-electron chi connectivity index (χ4n) is 1.74. The number of benzene rings is 2. The molecule has 0 spiro atoms. The van der Waals surface area contributed by atoms with Gasteiger partial charge in [0, 0.05) is 28.0 Å². The molecule has 0 aliphatic rings. The van der Waals surface area contributed by atoms with E-state index < -0.39 is 5.82 Å². The number of carbonyl (C=O) groups excluding carboxylic acids is 2. The Kier molecular flexibility index (Phi) is 4.75. The maximum Gasteiger partial charge on any atom is 0.221 e. The Hall–Kier alpha value is -2.14. The van der Waals surface area contributed by atoms with E-state index in [1.165, 1.54) is 31.7 Å². The van der Waals surface area contributed by atoms with Crippen LogP contribution in [0.25, 0.3) is 0 Å². The molecular weight excluding hydrogens is 289 g/mol. The molecule has 0 bridgehead atoms. The highest BCUT2D eigenvalue weighted by Gasteiger charge is 2.08. The number of nitrogens with one attached hydrogen (secondary N) is 1. The summed E-state index contributed by atoms with van der Waals surface area (Å²) < 4.78 is 13.9. The van der Waals surface area contributed by atoms with Gasteiger partial charge in [0.15, 0.2) is 5.78 Å². The van der Waals surface area contributed by atoms with E-state index in [1.807, 2.05) is 0 Å². The molecule has 108 valence electrons. The van der Waals surface area contributed by atoms with Crippen molar-refractivity contribution < 1.29 is 14.0 Å². The van der Waals surface area contributed by atoms with E-state index in [0.29, 0.717) is 16.1 Å². The Morgan fingerprint density at radius 3 is 2.24 bits per heavy atom. The van der Waals surface area contributed by atoms with Gasteiger partial charge in [0.2, 0.25) is 5.91 Å². The lowest BCUT2D eigenvalue weighted by molar-refractivity contribution is -0.114. The molecule has 0 unspecified atom stereocenters. The molecule has 3 nitrogen and oxygen atoms in total. The van der Waals surface area contributed by atoms with Crippen LogP contribution in [0.2, 0.25) is 0 Å². The van der Waals surface area contributed by atoms with Crippen molar-refractivity contribution in [2.75, 3.05) is 5.32 Å². The number of amides is 1. The van der Waals surface area contributed by atoms with Crippen molar-refractivity contribution in [1.82, 2.24) is 0 Å². The number of anilines is 1. The monoisotopic (exact) mass is 303 g/mol. The summed E-state index contributed by atoms with van der Waals surface area (Å²) in [6.07, 6.45) is 0. The van der Waals surface area contributed by atoms with Crippen LogP contribution in [0.1, 0.15) is 24.2 Å². The number of hydrogen-bond acceptors (Lipinski definition) is 3. The zero-order chi connectivity index (χ0) is 15.4. The molecule has 0 heterocycles. The summed E-state index contributed by atoms with van der Waals surface area (Å²) in [5.74, 6) is -0.718. The van der Waals surface area contributed by atoms with Crippen molar-refractivity contribution in [3.63, 3.8) is 0 Å². The fraction of sp³-hybridized carbons (Fsp3) is 0.125. The second-order valence-electron chi connectivity index (χ2n) is 4.51. The molecule has 21 heavy (non-hydrogen) atoms. The standard InChI is InChI=1S/C16H14FNO2S/c1-10(19)12-3-8-16(15(17)9-12)21-14-6-4-13(5-7-14)18-11(2)20/h3-9H,1-2H3,(H,18,20). The topological polar surface area (TPSA) is 46.2 Å². The smallest absolute Gasteiger partial charge is 0.221 e. The van der Waals surface area contributed by atoms with Crippen molar-refractivity contribution >= 4 is 29.1 Å². The fourth-order valence-corrected chi connectivity index (χ4v) is 2.56. The van der Waals surface area contributed by atoms with Gasteiger partial charge >= 0.3 is 0 Å². The molecule has 2 rings (SSSR count). The zero-order valence-electron chi connectivity index (χ0n) is 11.6. The van der Waals surface area contributed by atoms with Crippen LogP contribution in [0, 0.1) is 5.82 Å². The highest BCUT2D eigenvalue weighted by molar-refractivity contribution is 7.99. The van der Waals surface area contributed by atoms with Crippen molar-refractivity contribution in [2.24, 2.45) is 0 Å². The molecule has 2 aromatic carbocycles. The summed E-state index contributed by atoms with van der Waals surface area (Å²) >= 11 is 1.26. The van der Waals surface area contributed by atoms with Crippen LogP contribution >= 0.6 is 11.8 Å². The minimum atomic E-state index is -0.418. The van der Waals surface area contributed by atoms with E-state index in [9.17, 15) is 14.0 Å². The van der Waals surface area contributed by atoms with Crippen molar-refractivity contribution in [3.05, 3.63) is 53.8 Å². The zero-order valence-corrected chi connectivity index (χ0v) is 12.5. The van der Waals surface area contributed by atoms with Crippen LogP contribution in [0.4, 0.5) is 10.1 Å². The molecule has 5 heteroatoms. The Morgan fingerprint density at radius 1 is 1.05 bits per heavy atom. The summed E-state index contributed by atoms with van der Waals surface area (Å²) in [6.45, 7) is 2.84. The Morgan fingerprint density at radius 2 is 1.71 bits per heavy atom. The molecular formula is C16H14FNO2S. The van der Waals surface area contributed by atoms with Gasteiger partial charge in [0.1, 0.15) is 5.82 Å². The highest BCUT2D eigenvalue weighted by atomic mass is 32.2. The third kappa shape index (κ3) is 4.16. The molecule has 0 aromatic heterocycles. The van der Waals surface area contributed by atoms with Crippen molar-refractivity contribution in [3.8, 4) is 0 Å². The molecule has 0 aliphatic heterocycles. The van der Waals surface area contributed by atoms with Gasteiger partial charge in [-0.25, -0.2) is 4.39 Å². The van der Waals surface area contributed by atoms with Gasteiger partial charge in [-0.05, 0) is 43.3 Å². The molecule has 0 aliphatic carbocycles. The van der Waals surface area contributed by atoms with E-state index in [4.69, 9.17) is 0 Å². The molecule has 0 atom stereocenters. The first kappa shape index (κ1) is 15.3. The predicted octanol–water partition coefficient (Wildman–Crippen LogP) is 4.14. The van der Waals surface area contributed by atoms with Crippen LogP contribution in [-0.4, -0.2) is 11.7 Å². The van der Waals surface area contributed by atoms with Gasteiger partial charge in [-0.1, -0.05) is 17.8 Å². The minimum absolute atomic E-state index is 0.138. The van der Waals surface area contributed by atoms with Crippen LogP contribution in [-0.2, 0) is 4.79 Å². The lowest BCUT2D eigenvalue weighted by atomic mass is 10.1. The van der Waals surface area contributed by atoms with E-state index in [0.717, 1.165) is 4.90 Å². The van der Waals surface area contributed by atoms with Gasteiger partial charge < -0.3 is 5.32 Å². The molecule has 0 fully saturated rings. The summed E-state index contributed by atoms with van der Waals surface area (Å²) in [6, 6.07) is 11.6. The van der Waals surface area contributed by atoms with Crippen LogP contribution in [0.5, 0.6) is 0 Å². The largest absolute Gasteiger partial charge is 0.326 e. The molecule has 0 radical (unpaired) electrons. The molecule has 0 saturated heterocycles. The minimum Gasteiger partial charge on any atom is -0.326 e. The third-order valence-electron chi connectivity index (χ3n) is 2.74. The van der Waals surface area contributed by atoms with E-state index in [2.05, 4.69) is 5.32 Å². The normalized spacial score (nSPS) is 10.2. The lowest BCUT2D eigenvalue weighted by Gasteiger charge is -2.06. The Balaban J connectivity index is 2.14. The van der Waals surface area contributed by atoms with Crippen molar-refractivity contribution in [2.45, 2.75) is 23.6 Å². The summed E-state index contributed by atoms with van der Waals surface area (Å²) in [5.41, 5.74) is 1.05. The van der Waals surface area contributed by atoms with Gasteiger partial charge in [-0.2, -0.15) is 0 Å². The number of carbonyl (C=O) groups is 2. The van der Waals surface area contributed by atoms with Gasteiger partial charge in [0.25, 0.3) is 0 Å². The van der Waals surface area contributed by atoms with Gasteiger partial charge in [-0.3, -0.25) is 9.59 Å². The Labute approximate surface area is 126 Å². The van der Waals surface area contributed by atoms with E-state index in [-0.39, 0.29) is 11.7 Å². The van der Waals surface area contributed by atoms with E-state index in [1.54, 1.807) is 36.4 Å². The average molecular weight is 303 g/mol. The summed E-state index contributed by atoms with van der Waals surface area (Å²) in [5, 5.41) is 2.67. The number of hydrogen-bond donors (Lipinski definition) is 1. The second kappa shape index (κ2) is 6.54. The number of halogens is 1. The molecule has 2 aromatic rings. The van der Waals surface area contributed by atoms with Gasteiger partial charge in [0.05, 0.1) is 0 Å². The van der Waals surface area contributed by atoms with Crippen molar-refractivity contribution in [1.29, 1.82) is 0 Å².